The lowest BCUT2D eigenvalue weighted by Gasteiger charge is -2.07. The summed E-state index contributed by atoms with van der Waals surface area (Å²) in [5.41, 5.74) is 1.04. The second-order valence-corrected chi connectivity index (χ2v) is 7.24. The average Bonchev–Trinajstić information content (AvgIpc) is 3.40. The molecule has 0 aliphatic carbocycles. The molecule has 1 amide bonds. The van der Waals surface area contributed by atoms with Crippen LogP contribution in [0, 0.1) is 6.92 Å². The van der Waals surface area contributed by atoms with Crippen LogP contribution in [0.15, 0.2) is 61.9 Å². The number of nitrogens with one attached hydrogen (secondary N) is 1. The molecule has 1 N–H and O–H groups in total. The van der Waals surface area contributed by atoms with Crippen LogP contribution in [0.3, 0.4) is 0 Å². The molecule has 0 spiro atoms. The van der Waals surface area contributed by atoms with E-state index in [1.807, 2.05) is 29.6 Å². The summed E-state index contributed by atoms with van der Waals surface area (Å²) in [5.74, 6) is -1.14. The zero-order chi connectivity index (χ0) is 20.5. The van der Waals surface area contributed by atoms with E-state index >= 15 is 0 Å². The van der Waals surface area contributed by atoms with E-state index in [2.05, 4.69) is 10.4 Å². The maximum absolute atomic E-state index is 12.9. The molecule has 0 aliphatic rings. The summed E-state index contributed by atoms with van der Waals surface area (Å²) >= 11 is 1.37. The van der Waals surface area contributed by atoms with Gasteiger partial charge in [-0.15, -0.1) is 16.4 Å². The molecule has 4 aromatic rings. The molecule has 3 heterocycles. The van der Waals surface area contributed by atoms with Gasteiger partial charge in [-0.25, -0.2) is 9.48 Å². The third kappa shape index (κ3) is 3.45. The first-order valence-electron chi connectivity index (χ1n) is 8.71. The Hall–Kier alpha value is -3.66. The predicted molar refractivity (Wildman–Crippen MR) is 108 cm³/mol. The van der Waals surface area contributed by atoms with Crippen LogP contribution in [0.25, 0.3) is 16.5 Å². The van der Waals surface area contributed by atoms with Crippen LogP contribution in [0.5, 0.6) is 0 Å². The van der Waals surface area contributed by atoms with Crippen LogP contribution in [0.1, 0.15) is 5.69 Å². The molecule has 4 rings (SSSR count). The number of nitrogens with zero attached hydrogens (tertiary/aromatic N) is 4. The van der Waals surface area contributed by atoms with Gasteiger partial charge in [0.15, 0.2) is 0 Å². The second kappa shape index (κ2) is 7.40. The molecule has 3 aromatic heterocycles. The molecule has 0 aliphatic heterocycles. The van der Waals surface area contributed by atoms with Gasteiger partial charge in [0.05, 0.1) is 16.3 Å². The van der Waals surface area contributed by atoms with Gasteiger partial charge in [-0.05, 0) is 30.5 Å². The number of benzene rings is 1. The number of amides is 1. The summed E-state index contributed by atoms with van der Waals surface area (Å²) in [4.78, 5) is 38.0. The molecule has 10 heteroatoms. The van der Waals surface area contributed by atoms with Crippen molar-refractivity contribution in [1.82, 2.24) is 19.1 Å². The van der Waals surface area contributed by atoms with Crippen LogP contribution in [-0.4, -0.2) is 25.1 Å². The molecule has 0 radical (unpaired) electrons. The Morgan fingerprint density at radius 3 is 2.62 bits per heavy atom. The van der Waals surface area contributed by atoms with Crippen molar-refractivity contribution in [2.45, 2.75) is 13.5 Å². The van der Waals surface area contributed by atoms with Crippen molar-refractivity contribution in [2.75, 3.05) is 5.32 Å². The highest BCUT2D eigenvalue weighted by molar-refractivity contribution is 7.13. The fraction of sp³-hybridized carbons (Fsp3) is 0.158. The van der Waals surface area contributed by atoms with Crippen LogP contribution >= 0.6 is 11.3 Å². The SMILES string of the molecule is Cc1c(NC(=O)Cn2nc(-c3cccs3)oc2=O)c(=O)n(-c2ccccc2)n1C. The molecular weight excluding hydrogens is 394 g/mol. The Labute approximate surface area is 168 Å². The van der Waals surface area contributed by atoms with Gasteiger partial charge in [-0.1, -0.05) is 24.3 Å². The van der Waals surface area contributed by atoms with Gasteiger partial charge in [0, 0.05) is 7.05 Å². The van der Waals surface area contributed by atoms with Crippen molar-refractivity contribution in [2.24, 2.45) is 7.05 Å². The molecule has 0 saturated carbocycles. The number of carbonyl (C=O) groups excluding carboxylic acids is 1. The van der Waals surface area contributed by atoms with Crippen LogP contribution in [-0.2, 0) is 18.4 Å². The summed E-state index contributed by atoms with van der Waals surface area (Å²) in [6, 6.07) is 12.7. The van der Waals surface area contributed by atoms with E-state index in [1.54, 1.807) is 36.9 Å². The topological polar surface area (TPSA) is 104 Å². The Bertz CT molecular complexity index is 1280. The third-order valence-electron chi connectivity index (χ3n) is 4.45. The van der Waals surface area contributed by atoms with Crippen LogP contribution < -0.4 is 16.6 Å². The Balaban J connectivity index is 1.59. The van der Waals surface area contributed by atoms with Gasteiger partial charge >= 0.3 is 5.76 Å². The summed E-state index contributed by atoms with van der Waals surface area (Å²) in [6.07, 6.45) is 0. The molecule has 0 fully saturated rings. The molecule has 0 atom stereocenters. The number of thiophene rings is 1. The van der Waals surface area contributed by atoms with Crippen molar-refractivity contribution in [3.63, 3.8) is 0 Å². The number of para-hydroxylation sites is 1. The highest BCUT2D eigenvalue weighted by Crippen LogP contribution is 2.21. The number of hydrogen-bond donors (Lipinski definition) is 1. The largest absolute Gasteiger partial charge is 0.437 e. The first kappa shape index (κ1) is 18.7. The first-order valence-corrected chi connectivity index (χ1v) is 9.59. The minimum Gasteiger partial charge on any atom is -0.387 e. The number of carbonyl (C=O) groups is 1. The lowest BCUT2D eigenvalue weighted by Crippen LogP contribution is -2.28. The monoisotopic (exact) mass is 411 g/mol. The van der Waals surface area contributed by atoms with E-state index in [9.17, 15) is 14.4 Å². The molecule has 29 heavy (non-hydrogen) atoms. The van der Waals surface area contributed by atoms with E-state index in [0.717, 1.165) is 4.68 Å². The minimum atomic E-state index is -0.741. The van der Waals surface area contributed by atoms with E-state index in [0.29, 0.717) is 16.3 Å². The second-order valence-electron chi connectivity index (χ2n) is 6.29. The van der Waals surface area contributed by atoms with E-state index in [1.165, 1.54) is 16.0 Å². The van der Waals surface area contributed by atoms with Gasteiger partial charge in [0.2, 0.25) is 5.91 Å². The maximum atomic E-state index is 12.9. The molecule has 148 valence electrons. The highest BCUT2D eigenvalue weighted by atomic mass is 32.1. The molecular formula is C19H17N5O4S. The Kier molecular flexibility index (Phi) is 4.77. The zero-order valence-electron chi connectivity index (χ0n) is 15.7. The predicted octanol–water partition coefficient (Wildman–Crippen LogP) is 2.00. The number of aromatic nitrogens is 4. The lowest BCUT2D eigenvalue weighted by molar-refractivity contribution is -0.117. The van der Waals surface area contributed by atoms with E-state index in [-0.39, 0.29) is 23.7 Å². The zero-order valence-corrected chi connectivity index (χ0v) is 16.5. The summed E-state index contributed by atoms with van der Waals surface area (Å²) in [6.45, 7) is 1.36. The number of hydrogen-bond acceptors (Lipinski definition) is 6. The van der Waals surface area contributed by atoms with Gasteiger partial charge < -0.3 is 9.73 Å². The smallest absolute Gasteiger partial charge is 0.387 e. The average molecular weight is 411 g/mol. The van der Waals surface area contributed by atoms with Gasteiger partial charge in [-0.2, -0.15) is 4.68 Å². The number of rotatable bonds is 5. The minimum absolute atomic E-state index is 0.149. The quantitative estimate of drug-likeness (QED) is 0.541. The highest BCUT2D eigenvalue weighted by Gasteiger charge is 2.20. The van der Waals surface area contributed by atoms with Crippen LogP contribution in [0.2, 0.25) is 0 Å². The number of anilines is 1. The van der Waals surface area contributed by atoms with Gasteiger partial charge in [0.25, 0.3) is 11.4 Å². The third-order valence-corrected chi connectivity index (χ3v) is 5.31. The Morgan fingerprint density at radius 1 is 1.17 bits per heavy atom. The summed E-state index contributed by atoms with van der Waals surface area (Å²) < 4.78 is 9.14. The normalized spacial score (nSPS) is 11.0. The molecule has 0 saturated heterocycles. The first-order chi connectivity index (χ1) is 14.0. The standard InChI is InChI=1S/C19H17N5O4S/c1-12-16(18(26)24(22(12)2)13-7-4-3-5-8-13)20-15(25)11-23-19(27)28-17(21-23)14-9-6-10-29-14/h3-10H,11H2,1-2H3,(H,20,25). The van der Waals surface area contributed by atoms with Crippen molar-refractivity contribution >= 4 is 22.9 Å². The van der Waals surface area contributed by atoms with Crippen molar-refractivity contribution in [1.29, 1.82) is 0 Å². The molecule has 0 unspecified atom stereocenters. The van der Waals surface area contributed by atoms with Crippen molar-refractivity contribution in [3.05, 3.63) is 74.4 Å². The van der Waals surface area contributed by atoms with Gasteiger partial charge in [0.1, 0.15) is 12.2 Å². The maximum Gasteiger partial charge on any atom is 0.437 e. The van der Waals surface area contributed by atoms with Crippen molar-refractivity contribution < 1.29 is 9.21 Å². The Morgan fingerprint density at radius 2 is 1.93 bits per heavy atom. The van der Waals surface area contributed by atoms with E-state index in [4.69, 9.17) is 4.42 Å². The fourth-order valence-corrected chi connectivity index (χ4v) is 3.58. The van der Waals surface area contributed by atoms with Crippen LogP contribution in [0.4, 0.5) is 5.69 Å². The molecule has 1 aromatic carbocycles. The summed E-state index contributed by atoms with van der Waals surface area (Å²) in [7, 11) is 1.73. The van der Waals surface area contributed by atoms with Crippen molar-refractivity contribution in [3.8, 4) is 16.5 Å². The fourth-order valence-electron chi connectivity index (χ4n) is 2.93. The van der Waals surface area contributed by atoms with Gasteiger partial charge in [-0.3, -0.25) is 14.3 Å². The molecule has 9 nitrogen and oxygen atoms in total. The summed E-state index contributed by atoms with van der Waals surface area (Å²) in [5, 5.41) is 8.48. The van der Waals surface area contributed by atoms with E-state index < -0.39 is 11.7 Å². The lowest BCUT2D eigenvalue weighted by atomic mass is 10.3. The molecule has 0 bridgehead atoms.